The van der Waals surface area contributed by atoms with E-state index in [1.807, 2.05) is 12.1 Å². The molecule has 0 spiro atoms. The van der Waals surface area contributed by atoms with Gasteiger partial charge in [0, 0.05) is 17.4 Å². The molecule has 3 atom stereocenters. The number of rotatable bonds is 9. The lowest BCUT2D eigenvalue weighted by atomic mass is 9.86. The van der Waals surface area contributed by atoms with Gasteiger partial charge in [0.25, 0.3) is 0 Å². The van der Waals surface area contributed by atoms with E-state index in [1.54, 1.807) is 13.8 Å². The molecule has 2 aliphatic carbocycles. The SMILES string of the molecule is Cc1ccc(-c2nc(CO[C@@H]3CCC[C@H](C(=O)N[C@H](C(=O)O)C(C)C)C3)c(C3CCCCC3)o2)cc1. The predicted octanol–water partition coefficient (Wildman–Crippen LogP) is 6.00. The number of carboxylic acid groups (broad SMARTS) is 1. The molecule has 1 aromatic carbocycles. The van der Waals surface area contributed by atoms with Crippen molar-refractivity contribution >= 4 is 11.9 Å². The van der Waals surface area contributed by atoms with Gasteiger partial charge in [0.15, 0.2) is 0 Å². The van der Waals surface area contributed by atoms with Crippen molar-refractivity contribution in [1.29, 1.82) is 0 Å². The molecule has 0 aliphatic heterocycles. The Morgan fingerprint density at radius 3 is 2.47 bits per heavy atom. The Kier molecular flexibility index (Phi) is 8.83. The van der Waals surface area contributed by atoms with Crippen LogP contribution in [-0.4, -0.2) is 34.1 Å². The number of carboxylic acids is 1. The quantitative estimate of drug-likeness (QED) is 0.442. The summed E-state index contributed by atoms with van der Waals surface area (Å²) >= 11 is 0. The first-order chi connectivity index (χ1) is 17.3. The van der Waals surface area contributed by atoms with Gasteiger partial charge in [-0.25, -0.2) is 9.78 Å². The van der Waals surface area contributed by atoms with E-state index in [0.717, 1.165) is 49.1 Å². The van der Waals surface area contributed by atoms with Crippen LogP contribution in [0.4, 0.5) is 0 Å². The number of ether oxygens (including phenoxy) is 1. The van der Waals surface area contributed by atoms with Crippen LogP contribution in [0.5, 0.6) is 0 Å². The highest BCUT2D eigenvalue weighted by atomic mass is 16.5. The summed E-state index contributed by atoms with van der Waals surface area (Å²) in [6.45, 7) is 6.04. The maximum atomic E-state index is 12.8. The van der Waals surface area contributed by atoms with Crippen LogP contribution in [0.15, 0.2) is 28.7 Å². The van der Waals surface area contributed by atoms with Gasteiger partial charge in [0.2, 0.25) is 11.8 Å². The third-order valence-electron chi connectivity index (χ3n) is 7.69. The lowest BCUT2D eigenvalue weighted by molar-refractivity contribution is -0.144. The van der Waals surface area contributed by atoms with Crippen LogP contribution < -0.4 is 5.32 Å². The molecular formula is C29H40N2O5. The average Bonchev–Trinajstić information content (AvgIpc) is 3.31. The highest BCUT2D eigenvalue weighted by Crippen LogP contribution is 2.37. The van der Waals surface area contributed by atoms with Crippen LogP contribution in [0.1, 0.15) is 94.6 Å². The van der Waals surface area contributed by atoms with E-state index in [0.29, 0.717) is 24.8 Å². The second-order valence-electron chi connectivity index (χ2n) is 10.9. The van der Waals surface area contributed by atoms with Crippen LogP contribution in [-0.2, 0) is 20.9 Å². The number of oxazole rings is 1. The van der Waals surface area contributed by atoms with Crippen molar-refractivity contribution < 1.29 is 23.8 Å². The molecule has 2 saturated carbocycles. The number of aromatic nitrogens is 1. The number of amides is 1. The molecule has 36 heavy (non-hydrogen) atoms. The zero-order chi connectivity index (χ0) is 25.7. The third kappa shape index (κ3) is 6.55. The van der Waals surface area contributed by atoms with Crippen LogP contribution in [0, 0.1) is 18.8 Å². The molecule has 1 heterocycles. The van der Waals surface area contributed by atoms with Gasteiger partial charge in [0.1, 0.15) is 17.5 Å². The summed E-state index contributed by atoms with van der Waals surface area (Å²) in [7, 11) is 0. The van der Waals surface area contributed by atoms with Crippen LogP contribution in [0.3, 0.4) is 0 Å². The van der Waals surface area contributed by atoms with Crippen LogP contribution >= 0.6 is 0 Å². The molecular weight excluding hydrogens is 456 g/mol. The minimum absolute atomic E-state index is 0.0597. The van der Waals surface area contributed by atoms with Crippen LogP contribution in [0.2, 0.25) is 0 Å². The number of nitrogens with zero attached hydrogens (tertiary/aromatic N) is 1. The standard InChI is InChI=1S/C29H40N2O5/c1-18(2)25(29(33)34)31-27(32)22-10-7-11-23(16-22)35-17-24-26(20-8-5-4-6-9-20)36-28(30-24)21-14-12-19(3)13-15-21/h12-15,18,20,22-23,25H,4-11,16-17H2,1-3H3,(H,31,32)(H,33,34)/t22-,23+,25-/m0/s1. The Morgan fingerprint density at radius 1 is 1.08 bits per heavy atom. The van der Waals surface area contributed by atoms with E-state index in [4.69, 9.17) is 14.1 Å². The highest BCUT2D eigenvalue weighted by Gasteiger charge is 2.32. The zero-order valence-electron chi connectivity index (χ0n) is 21.8. The van der Waals surface area contributed by atoms with E-state index in [2.05, 4.69) is 24.4 Å². The Hall–Kier alpha value is -2.67. The molecule has 2 aromatic rings. The molecule has 2 aliphatic rings. The summed E-state index contributed by atoms with van der Waals surface area (Å²) in [5.41, 5.74) is 3.03. The largest absolute Gasteiger partial charge is 0.480 e. The van der Waals surface area contributed by atoms with Crippen molar-refractivity contribution in [1.82, 2.24) is 10.3 Å². The number of benzene rings is 1. The molecule has 7 nitrogen and oxygen atoms in total. The average molecular weight is 497 g/mol. The van der Waals surface area contributed by atoms with Crippen molar-refractivity contribution in [2.75, 3.05) is 0 Å². The van der Waals surface area contributed by atoms with Gasteiger partial charge in [-0.3, -0.25) is 4.79 Å². The monoisotopic (exact) mass is 496 g/mol. The molecule has 0 radical (unpaired) electrons. The minimum atomic E-state index is -0.993. The van der Waals surface area contributed by atoms with E-state index in [9.17, 15) is 14.7 Å². The van der Waals surface area contributed by atoms with Crippen LogP contribution in [0.25, 0.3) is 11.5 Å². The van der Waals surface area contributed by atoms with Gasteiger partial charge in [-0.05, 0) is 57.1 Å². The molecule has 0 saturated heterocycles. The number of hydrogen-bond acceptors (Lipinski definition) is 5. The summed E-state index contributed by atoms with van der Waals surface area (Å²) in [5, 5.41) is 12.2. The van der Waals surface area contributed by atoms with Gasteiger partial charge >= 0.3 is 5.97 Å². The van der Waals surface area contributed by atoms with Crippen molar-refractivity contribution in [2.24, 2.45) is 11.8 Å². The highest BCUT2D eigenvalue weighted by molar-refractivity contribution is 5.85. The Bertz CT molecular complexity index is 1020. The van der Waals surface area contributed by atoms with E-state index < -0.39 is 12.0 Å². The number of carbonyl (C=O) groups excluding carboxylic acids is 1. The van der Waals surface area contributed by atoms with Crippen molar-refractivity contribution in [3.05, 3.63) is 41.3 Å². The molecule has 2 fully saturated rings. The first-order valence-corrected chi connectivity index (χ1v) is 13.5. The summed E-state index contributed by atoms with van der Waals surface area (Å²) in [4.78, 5) is 29.2. The Balaban J connectivity index is 1.43. The number of nitrogens with one attached hydrogen (secondary N) is 1. The predicted molar refractivity (Wildman–Crippen MR) is 137 cm³/mol. The van der Waals surface area contributed by atoms with Gasteiger partial charge in [-0.2, -0.15) is 0 Å². The third-order valence-corrected chi connectivity index (χ3v) is 7.69. The Labute approximate surface area is 214 Å². The topological polar surface area (TPSA) is 102 Å². The van der Waals surface area contributed by atoms with E-state index in [1.165, 1.54) is 24.8 Å². The molecule has 1 aromatic heterocycles. The molecule has 0 unspecified atom stereocenters. The zero-order valence-corrected chi connectivity index (χ0v) is 21.8. The van der Waals surface area contributed by atoms with Crippen molar-refractivity contribution in [3.8, 4) is 11.5 Å². The molecule has 1 amide bonds. The van der Waals surface area contributed by atoms with Gasteiger partial charge < -0.3 is 19.6 Å². The maximum Gasteiger partial charge on any atom is 0.326 e. The van der Waals surface area contributed by atoms with E-state index >= 15 is 0 Å². The second kappa shape index (κ2) is 12.0. The molecule has 7 heteroatoms. The summed E-state index contributed by atoms with van der Waals surface area (Å²) in [5.74, 6) is 0.388. The van der Waals surface area contributed by atoms with Crippen molar-refractivity contribution in [3.63, 3.8) is 0 Å². The Morgan fingerprint density at radius 2 is 1.81 bits per heavy atom. The first kappa shape index (κ1) is 26.4. The van der Waals surface area contributed by atoms with Crippen molar-refractivity contribution in [2.45, 2.75) is 103 Å². The number of hydrogen-bond donors (Lipinski definition) is 2. The fraction of sp³-hybridized carbons (Fsp3) is 0.621. The summed E-state index contributed by atoms with van der Waals surface area (Å²) in [6, 6.07) is 7.35. The van der Waals surface area contributed by atoms with Gasteiger partial charge in [-0.15, -0.1) is 0 Å². The van der Waals surface area contributed by atoms with Gasteiger partial charge in [0.05, 0.1) is 12.7 Å². The minimum Gasteiger partial charge on any atom is -0.480 e. The number of aryl methyl sites for hydroxylation is 1. The lowest BCUT2D eigenvalue weighted by Gasteiger charge is -2.30. The second-order valence-corrected chi connectivity index (χ2v) is 10.9. The molecule has 2 N–H and O–H groups in total. The number of aliphatic carboxylic acids is 1. The summed E-state index contributed by atoms with van der Waals surface area (Å²) in [6.07, 6.45) is 8.97. The van der Waals surface area contributed by atoms with Gasteiger partial charge in [-0.1, -0.05) is 57.2 Å². The smallest absolute Gasteiger partial charge is 0.326 e. The molecule has 196 valence electrons. The normalized spacial score (nSPS) is 21.9. The summed E-state index contributed by atoms with van der Waals surface area (Å²) < 4.78 is 12.7. The maximum absolute atomic E-state index is 12.8. The van der Waals surface area contributed by atoms with E-state index in [-0.39, 0.29) is 23.8 Å². The fourth-order valence-corrected chi connectivity index (χ4v) is 5.49. The molecule has 4 rings (SSSR count). The molecule has 0 bridgehead atoms. The lowest BCUT2D eigenvalue weighted by Crippen LogP contribution is -2.47. The first-order valence-electron chi connectivity index (χ1n) is 13.5. The fourth-order valence-electron chi connectivity index (χ4n) is 5.49. The number of carbonyl (C=O) groups is 2.